The average molecular weight is 526 g/mol. The van der Waals surface area contributed by atoms with Crippen LogP contribution in [0.15, 0.2) is 77.7 Å². The average Bonchev–Trinajstić information content (AvgIpc) is 2.90. The Hall–Kier alpha value is -3.89. The van der Waals surface area contributed by atoms with E-state index in [9.17, 15) is 18.0 Å². The van der Waals surface area contributed by atoms with E-state index in [0.29, 0.717) is 36.6 Å². The molecule has 0 aliphatic heterocycles. The smallest absolute Gasteiger partial charge is 0.264 e. The van der Waals surface area contributed by atoms with Crippen molar-refractivity contribution in [2.75, 3.05) is 43.5 Å². The van der Waals surface area contributed by atoms with Crippen LogP contribution in [0.25, 0.3) is 0 Å². The lowest BCUT2D eigenvalue weighted by atomic mass is 10.1. The molecule has 0 saturated heterocycles. The summed E-state index contributed by atoms with van der Waals surface area (Å²) in [5.41, 5.74) is 1.53. The minimum atomic E-state index is -4.11. The summed E-state index contributed by atoms with van der Waals surface area (Å²) in [6.07, 6.45) is 0.644. The van der Waals surface area contributed by atoms with Gasteiger partial charge in [-0.2, -0.15) is 0 Å². The Morgan fingerprint density at radius 1 is 0.946 bits per heavy atom. The molecule has 0 spiro atoms. The van der Waals surface area contributed by atoms with Crippen molar-refractivity contribution < 1.29 is 27.5 Å². The number of para-hydroxylation sites is 2. The van der Waals surface area contributed by atoms with Gasteiger partial charge in [-0.05, 0) is 61.4 Å². The van der Waals surface area contributed by atoms with Crippen molar-refractivity contribution >= 4 is 33.2 Å². The van der Waals surface area contributed by atoms with Gasteiger partial charge in [0.25, 0.3) is 15.9 Å². The van der Waals surface area contributed by atoms with Crippen LogP contribution in [0.1, 0.15) is 22.3 Å². The summed E-state index contributed by atoms with van der Waals surface area (Å²) in [7, 11) is -1.01. The number of amides is 2. The number of aryl methyl sites for hydroxylation is 1. The van der Waals surface area contributed by atoms with E-state index >= 15 is 0 Å². The van der Waals surface area contributed by atoms with E-state index in [1.54, 1.807) is 74.7 Å². The zero-order valence-electron chi connectivity index (χ0n) is 21.1. The molecule has 3 rings (SSSR count). The van der Waals surface area contributed by atoms with Crippen molar-refractivity contribution in [3.05, 3.63) is 83.9 Å². The molecule has 9 nitrogen and oxygen atoms in total. The standard InChI is InChI=1S/C27H31N3O6S/c1-20-18-22(14-15-25(20)36-3)37(33,34)30(21-10-5-4-6-11-21)19-26(31)29-24-13-8-7-12-23(24)27(32)28-16-9-17-35-2/h4-8,10-15,18H,9,16-17,19H2,1-3H3,(H,28,32)(H,29,31). The van der Waals surface area contributed by atoms with Crippen LogP contribution in [0, 0.1) is 6.92 Å². The third-order valence-corrected chi connectivity index (χ3v) is 7.31. The molecule has 3 aromatic rings. The molecule has 37 heavy (non-hydrogen) atoms. The van der Waals surface area contributed by atoms with Crippen LogP contribution in [0.3, 0.4) is 0 Å². The molecule has 10 heteroatoms. The molecule has 0 bridgehead atoms. The predicted molar refractivity (Wildman–Crippen MR) is 143 cm³/mol. The fraction of sp³-hybridized carbons (Fsp3) is 0.259. The van der Waals surface area contributed by atoms with E-state index in [-0.39, 0.29) is 22.1 Å². The summed E-state index contributed by atoms with van der Waals surface area (Å²) in [6.45, 7) is 2.17. The summed E-state index contributed by atoms with van der Waals surface area (Å²) in [5.74, 6) is -0.398. The van der Waals surface area contributed by atoms with Gasteiger partial charge in [0.15, 0.2) is 0 Å². The third-order valence-electron chi connectivity index (χ3n) is 5.54. The number of nitrogens with one attached hydrogen (secondary N) is 2. The van der Waals surface area contributed by atoms with Gasteiger partial charge in [-0.25, -0.2) is 8.42 Å². The topological polar surface area (TPSA) is 114 Å². The molecule has 0 atom stereocenters. The molecular weight excluding hydrogens is 494 g/mol. The SMILES string of the molecule is COCCCNC(=O)c1ccccc1NC(=O)CN(c1ccccc1)S(=O)(=O)c1ccc(OC)c(C)c1. The second-order valence-electron chi connectivity index (χ2n) is 8.17. The molecule has 0 saturated carbocycles. The van der Waals surface area contributed by atoms with Crippen molar-refractivity contribution in [2.45, 2.75) is 18.2 Å². The number of methoxy groups -OCH3 is 2. The maximum Gasteiger partial charge on any atom is 0.264 e. The van der Waals surface area contributed by atoms with E-state index in [0.717, 1.165) is 4.31 Å². The summed E-state index contributed by atoms with van der Waals surface area (Å²) in [5, 5.41) is 5.48. The summed E-state index contributed by atoms with van der Waals surface area (Å²) < 4.78 is 38.6. The molecule has 0 radical (unpaired) electrons. The zero-order valence-corrected chi connectivity index (χ0v) is 21.9. The van der Waals surface area contributed by atoms with Crippen molar-refractivity contribution in [3.8, 4) is 5.75 Å². The summed E-state index contributed by atoms with van der Waals surface area (Å²) >= 11 is 0. The van der Waals surface area contributed by atoms with Gasteiger partial charge in [-0.15, -0.1) is 0 Å². The molecule has 0 fully saturated rings. The van der Waals surface area contributed by atoms with Gasteiger partial charge < -0.3 is 20.1 Å². The highest BCUT2D eigenvalue weighted by Gasteiger charge is 2.28. The molecule has 0 aromatic heterocycles. The summed E-state index contributed by atoms with van der Waals surface area (Å²) in [6, 6.07) is 19.4. The number of benzene rings is 3. The quantitative estimate of drug-likeness (QED) is 0.349. The highest BCUT2D eigenvalue weighted by molar-refractivity contribution is 7.92. The lowest BCUT2D eigenvalue weighted by Crippen LogP contribution is -2.38. The van der Waals surface area contributed by atoms with E-state index in [1.807, 2.05) is 0 Å². The van der Waals surface area contributed by atoms with Crippen molar-refractivity contribution in [3.63, 3.8) is 0 Å². The Morgan fingerprint density at radius 2 is 1.65 bits per heavy atom. The van der Waals surface area contributed by atoms with E-state index in [2.05, 4.69) is 10.6 Å². The van der Waals surface area contributed by atoms with Gasteiger partial charge in [0.05, 0.1) is 28.9 Å². The molecule has 2 amide bonds. The van der Waals surface area contributed by atoms with Crippen LogP contribution in [0.2, 0.25) is 0 Å². The van der Waals surface area contributed by atoms with E-state index < -0.39 is 22.5 Å². The fourth-order valence-corrected chi connectivity index (χ4v) is 5.18. The number of ether oxygens (including phenoxy) is 2. The Labute approximate surface area is 217 Å². The maximum atomic E-state index is 13.7. The molecule has 0 heterocycles. The maximum absolute atomic E-state index is 13.7. The largest absolute Gasteiger partial charge is 0.496 e. The highest BCUT2D eigenvalue weighted by Crippen LogP contribution is 2.27. The molecular formula is C27H31N3O6S. The lowest BCUT2D eigenvalue weighted by molar-refractivity contribution is -0.114. The Morgan fingerprint density at radius 3 is 2.32 bits per heavy atom. The Bertz CT molecular complexity index is 1330. The van der Waals surface area contributed by atoms with Gasteiger partial charge in [0.1, 0.15) is 12.3 Å². The molecule has 196 valence electrons. The number of sulfonamides is 1. The van der Waals surface area contributed by atoms with Gasteiger partial charge in [0, 0.05) is 20.3 Å². The molecule has 0 aliphatic carbocycles. The third kappa shape index (κ3) is 7.08. The number of hydrogen-bond acceptors (Lipinski definition) is 6. The Kier molecular flexibility index (Phi) is 9.64. The number of anilines is 2. The van der Waals surface area contributed by atoms with Crippen molar-refractivity contribution in [1.82, 2.24) is 5.32 Å². The zero-order chi connectivity index (χ0) is 26.8. The first-order chi connectivity index (χ1) is 17.8. The van der Waals surface area contributed by atoms with Crippen LogP contribution >= 0.6 is 0 Å². The minimum Gasteiger partial charge on any atom is -0.496 e. The monoisotopic (exact) mass is 525 g/mol. The van der Waals surface area contributed by atoms with Gasteiger partial charge >= 0.3 is 0 Å². The second-order valence-corrected chi connectivity index (χ2v) is 10.0. The predicted octanol–water partition coefficient (Wildman–Crippen LogP) is 3.60. The van der Waals surface area contributed by atoms with Crippen LogP contribution < -0.4 is 19.7 Å². The highest BCUT2D eigenvalue weighted by atomic mass is 32.2. The minimum absolute atomic E-state index is 0.0262. The molecule has 0 unspecified atom stereocenters. The van der Waals surface area contributed by atoms with Crippen LogP contribution in [-0.2, 0) is 19.6 Å². The number of hydrogen-bond donors (Lipinski definition) is 2. The van der Waals surface area contributed by atoms with E-state index in [4.69, 9.17) is 9.47 Å². The van der Waals surface area contributed by atoms with Crippen LogP contribution in [0.4, 0.5) is 11.4 Å². The molecule has 3 aromatic carbocycles. The van der Waals surface area contributed by atoms with Crippen LogP contribution in [0.5, 0.6) is 5.75 Å². The first-order valence-electron chi connectivity index (χ1n) is 11.7. The normalized spacial score (nSPS) is 11.0. The van der Waals surface area contributed by atoms with Crippen molar-refractivity contribution in [1.29, 1.82) is 0 Å². The lowest BCUT2D eigenvalue weighted by Gasteiger charge is -2.24. The van der Waals surface area contributed by atoms with Gasteiger partial charge in [0.2, 0.25) is 5.91 Å². The first kappa shape index (κ1) is 27.7. The number of nitrogens with zero attached hydrogens (tertiary/aromatic N) is 1. The molecule has 2 N–H and O–H groups in total. The van der Waals surface area contributed by atoms with E-state index in [1.165, 1.54) is 19.2 Å². The first-order valence-corrected chi connectivity index (χ1v) is 13.1. The number of carbonyl (C=O) groups excluding carboxylic acids is 2. The van der Waals surface area contributed by atoms with Crippen LogP contribution in [-0.4, -0.2) is 54.1 Å². The van der Waals surface area contributed by atoms with Gasteiger partial charge in [-0.1, -0.05) is 30.3 Å². The van der Waals surface area contributed by atoms with Crippen molar-refractivity contribution in [2.24, 2.45) is 0 Å². The number of rotatable bonds is 12. The van der Waals surface area contributed by atoms with Gasteiger partial charge in [-0.3, -0.25) is 13.9 Å². The molecule has 0 aliphatic rings. The fourth-order valence-electron chi connectivity index (χ4n) is 3.67. The summed E-state index contributed by atoms with van der Waals surface area (Å²) in [4.78, 5) is 25.8. The Balaban J connectivity index is 1.85. The second kappa shape index (κ2) is 12.9. The number of carbonyl (C=O) groups is 2.